The molecule has 0 radical (unpaired) electrons. The van der Waals surface area contributed by atoms with E-state index in [0.717, 1.165) is 31.7 Å². The highest BCUT2D eigenvalue weighted by Crippen LogP contribution is 2.42. The molecule has 3 atom stereocenters. The van der Waals surface area contributed by atoms with Gasteiger partial charge in [0.15, 0.2) is 17.4 Å². The SMILES string of the molecule is N[C@H]1C[C@H]2CCN(c3nc4c(cc3F)c(=O)c(OC(=O)O)cn4C3CC3)C[C@H]21. The Morgan fingerprint density at radius 1 is 1.36 bits per heavy atom. The molecule has 9 heteroatoms. The minimum atomic E-state index is -1.58. The van der Waals surface area contributed by atoms with Crippen LogP contribution in [0.2, 0.25) is 0 Å². The van der Waals surface area contributed by atoms with Crippen molar-refractivity contribution in [2.24, 2.45) is 17.6 Å². The number of fused-ring (bicyclic) bond motifs is 2. The maximum absolute atomic E-state index is 14.9. The summed E-state index contributed by atoms with van der Waals surface area (Å²) in [7, 11) is 0. The van der Waals surface area contributed by atoms with Crippen LogP contribution in [0, 0.1) is 17.7 Å². The van der Waals surface area contributed by atoms with Gasteiger partial charge in [-0.05, 0) is 43.6 Å². The maximum atomic E-state index is 14.9. The Bertz CT molecular complexity index is 1030. The molecule has 148 valence electrons. The van der Waals surface area contributed by atoms with Crippen LogP contribution in [-0.2, 0) is 0 Å². The second kappa shape index (κ2) is 6.16. The fraction of sp³-hybridized carbons (Fsp3) is 0.526. The van der Waals surface area contributed by atoms with Crippen LogP contribution in [0.5, 0.6) is 5.75 Å². The van der Waals surface area contributed by atoms with Gasteiger partial charge in [-0.25, -0.2) is 14.2 Å². The van der Waals surface area contributed by atoms with Gasteiger partial charge in [0, 0.05) is 25.2 Å². The molecule has 3 N–H and O–H groups in total. The summed E-state index contributed by atoms with van der Waals surface area (Å²) in [6, 6.07) is 1.41. The van der Waals surface area contributed by atoms with E-state index in [1.165, 1.54) is 6.20 Å². The Labute approximate surface area is 159 Å². The molecule has 2 aliphatic carbocycles. The molecule has 0 aromatic carbocycles. The van der Waals surface area contributed by atoms with Gasteiger partial charge in [0.2, 0.25) is 5.43 Å². The van der Waals surface area contributed by atoms with Crippen LogP contribution in [0.3, 0.4) is 0 Å². The van der Waals surface area contributed by atoms with E-state index >= 15 is 0 Å². The van der Waals surface area contributed by atoms with E-state index in [2.05, 4.69) is 9.72 Å². The quantitative estimate of drug-likeness (QED) is 0.775. The Morgan fingerprint density at radius 2 is 2.14 bits per heavy atom. The normalized spacial score (nSPS) is 26.6. The number of hydrogen-bond acceptors (Lipinski definition) is 6. The average molecular weight is 388 g/mol. The summed E-state index contributed by atoms with van der Waals surface area (Å²) in [4.78, 5) is 29.9. The third kappa shape index (κ3) is 2.72. The number of nitrogens with zero attached hydrogens (tertiary/aromatic N) is 3. The van der Waals surface area contributed by atoms with Gasteiger partial charge in [-0.2, -0.15) is 0 Å². The van der Waals surface area contributed by atoms with Gasteiger partial charge >= 0.3 is 6.16 Å². The highest BCUT2D eigenvalue weighted by atomic mass is 19.1. The maximum Gasteiger partial charge on any atom is 0.511 e. The number of hydrogen-bond donors (Lipinski definition) is 2. The summed E-state index contributed by atoms with van der Waals surface area (Å²) in [5, 5.41) is 8.90. The predicted molar refractivity (Wildman–Crippen MR) is 99.3 cm³/mol. The van der Waals surface area contributed by atoms with Crippen LogP contribution in [-0.4, -0.2) is 39.9 Å². The summed E-state index contributed by atoms with van der Waals surface area (Å²) in [6.45, 7) is 1.37. The first-order valence-electron chi connectivity index (χ1n) is 9.59. The number of piperidine rings is 1. The van der Waals surface area contributed by atoms with E-state index in [4.69, 9.17) is 10.8 Å². The third-order valence-corrected chi connectivity index (χ3v) is 6.28. The lowest BCUT2D eigenvalue weighted by molar-refractivity contribution is 0.110. The van der Waals surface area contributed by atoms with Gasteiger partial charge < -0.3 is 25.0 Å². The van der Waals surface area contributed by atoms with Crippen molar-refractivity contribution in [3.63, 3.8) is 0 Å². The first kappa shape index (κ1) is 17.4. The number of carbonyl (C=O) groups is 1. The first-order valence-corrected chi connectivity index (χ1v) is 9.59. The number of aromatic nitrogens is 2. The largest absolute Gasteiger partial charge is 0.511 e. The van der Waals surface area contributed by atoms with Crippen molar-refractivity contribution in [1.29, 1.82) is 0 Å². The predicted octanol–water partition coefficient (Wildman–Crippen LogP) is 2.10. The van der Waals surface area contributed by atoms with Crippen molar-refractivity contribution >= 4 is 23.0 Å². The molecule has 1 saturated heterocycles. The average Bonchev–Trinajstić information content (AvgIpc) is 3.48. The lowest BCUT2D eigenvalue weighted by atomic mass is 9.66. The van der Waals surface area contributed by atoms with Gasteiger partial charge in [-0.1, -0.05) is 0 Å². The monoisotopic (exact) mass is 388 g/mol. The molecular formula is C19H21FN4O4. The topological polar surface area (TPSA) is 111 Å². The second-order valence-corrected chi connectivity index (χ2v) is 8.05. The summed E-state index contributed by atoms with van der Waals surface area (Å²) >= 11 is 0. The van der Waals surface area contributed by atoms with Crippen LogP contribution in [0.1, 0.15) is 31.7 Å². The standard InChI is InChI=1S/C19H21FN4O4/c20-13-6-11-16(25)15(28-19(26)27)8-24(10-1-2-10)17(11)22-18(13)23-4-3-9-5-14(21)12(9)7-23/h6,8-10,12,14H,1-5,7,21H2,(H,26,27)/t9-,12-,14+/m1/s1. The van der Waals surface area contributed by atoms with Crippen LogP contribution in [0.25, 0.3) is 11.0 Å². The first-order chi connectivity index (χ1) is 13.4. The number of carboxylic acid groups (broad SMARTS) is 1. The van der Waals surface area contributed by atoms with Crippen molar-refractivity contribution < 1.29 is 19.0 Å². The van der Waals surface area contributed by atoms with E-state index in [1.54, 1.807) is 4.57 Å². The Hall–Kier alpha value is -2.68. The number of ether oxygens (including phenoxy) is 1. The molecule has 2 aromatic rings. The fourth-order valence-electron chi connectivity index (χ4n) is 4.56. The van der Waals surface area contributed by atoms with Crippen molar-refractivity contribution in [3.05, 3.63) is 28.3 Å². The number of pyridine rings is 2. The highest BCUT2D eigenvalue weighted by Gasteiger charge is 2.43. The molecule has 0 amide bonds. The Morgan fingerprint density at radius 3 is 2.82 bits per heavy atom. The molecule has 5 rings (SSSR count). The van der Waals surface area contributed by atoms with E-state index < -0.39 is 17.4 Å². The Kier molecular flexibility index (Phi) is 3.84. The zero-order valence-electron chi connectivity index (χ0n) is 15.2. The van der Waals surface area contributed by atoms with Gasteiger partial charge in [0.05, 0.1) is 11.6 Å². The van der Waals surface area contributed by atoms with E-state index in [0.29, 0.717) is 30.6 Å². The van der Waals surface area contributed by atoms with Crippen molar-refractivity contribution in [1.82, 2.24) is 9.55 Å². The van der Waals surface area contributed by atoms with Gasteiger partial charge in [0.25, 0.3) is 0 Å². The van der Waals surface area contributed by atoms with Gasteiger partial charge in [-0.15, -0.1) is 0 Å². The molecule has 28 heavy (non-hydrogen) atoms. The van der Waals surface area contributed by atoms with Crippen molar-refractivity contribution in [3.8, 4) is 5.75 Å². The molecule has 3 aliphatic rings. The van der Waals surface area contributed by atoms with Crippen molar-refractivity contribution in [2.75, 3.05) is 18.0 Å². The summed E-state index contributed by atoms with van der Waals surface area (Å²) in [6.07, 6.45) is 3.56. The molecule has 8 nitrogen and oxygen atoms in total. The zero-order valence-corrected chi connectivity index (χ0v) is 15.2. The molecule has 0 bridgehead atoms. The van der Waals surface area contributed by atoms with Gasteiger partial charge in [-0.3, -0.25) is 4.79 Å². The summed E-state index contributed by atoms with van der Waals surface area (Å²) in [5.41, 5.74) is 5.79. The number of halogens is 1. The molecule has 1 aliphatic heterocycles. The molecule has 0 spiro atoms. The zero-order chi connectivity index (χ0) is 19.6. The molecule has 2 saturated carbocycles. The van der Waals surface area contributed by atoms with E-state index in [1.807, 2.05) is 4.90 Å². The molecule has 2 aromatic heterocycles. The number of nitrogens with two attached hydrogens (primary N) is 1. The molecule has 3 fully saturated rings. The van der Waals surface area contributed by atoms with Crippen molar-refractivity contribution in [2.45, 2.75) is 37.8 Å². The highest BCUT2D eigenvalue weighted by molar-refractivity contribution is 5.80. The Balaban J connectivity index is 1.60. The van der Waals surface area contributed by atoms with E-state index in [-0.39, 0.29) is 29.0 Å². The molecule has 3 heterocycles. The summed E-state index contributed by atoms with van der Waals surface area (Å²) in [5.74, 6) is 0.261. The number of rotatable bonds is 3. The molecular weight excluding hydrogens is 367 g/mol. The van der Waals surface area contributed by atoms with Crippen LogP contribution >= 0.6 is 0 Å². The molecule has 0 unspecified atom stereocenters. The van der Waals surface area contributed by atoms with Crippen LogP contribution in [0.4, 0.5) is 15.0 Å². The minimum Gasteiger partial charge on any atom is -0.449 e. The third-order valence-electron chi connectivity index (χ3n) is 6.28. The minimum absolute atomic E-state index is 0.0298. The fourth-order valence-corrected chi connectivity index (χ4v) is 4.56. The second-order valence-electron chi connectivity index (χ2n) is 8.05. The van der Waals surface area contributed by atoms with E-state index in [9.17, 15) is 14.0 Å². The van der Waals surface area contributed by atoms with Gasteiger partial charge in [0.1, 0.15) is 5.65 Å². The number of anilines is 1. The summed E-state index contributed by atoms with van der Waals surface area (Å²) < 4.78 is 21.3. The van der Waals surface area contributed by atoms with Crippen LogP contribution < -0.4 is 20.8 Å². The lowest BCUT2D eigenvalue weighted by Gasteiger charge is -2.50. The lowest BCUT2D eigenvalue weighted by Crippen LogP contribution is -2.57. The van der Waals surface area contributed by atoms with Crippen LogP contribution in [0.15, 0.2) is 17.1 Å². The smallest absolute Gasteiger partial charge is 0.449 e.